The summed E-state index contributed by atoms with van der Waals surface area (Å²) >= 11 is 0. The molecule has 120 valence electrons. The zero-order valence-electron chi connectivity index (χ0n) is 12.4. The molecular weight excluding hydrogens is 290 g/mol. The van der Waals surface area contributed by atoms with Gasteiger partial charge in [0.05, 0.1) is 18.1 Å². The Balaban J connectivity index is 2.28. The summed E-state index contributed by atoms with van der Waals surface area (Å²) in [6.07, 6.45) is 0.937. The average molecular weight is 309 g/mol. The fourth-order valence-corrected chi connectivity index (χ4v) is 1.86. The zero-order valence-corrected chi connectivity index (χ0v) is 12.4. The van der Waals surface area contributed by atoms with E-state index in [-0.39, 0.29) is 37.5 Å². The van der Waals surface area contributed by atoms with Crippen LogP contribution in [0, 0.1) is 10.1 Å². The molecule has 0 bridgehead atoms. The Kier molecular flexibility index (Phi) is 7.60. The molecule has 1 aromatic carbocycles. The lowest BCUT2D eigenvalue weighted by Crippen LogP contribution is -2.10. The van der Waals surface area contributed by atoms with Crippen molar-refractivity contribution in [1.82, 2.24) is 0 Å². The number of hydrogen-bond donors (Lipinski definition) is 0. The first-order valence-electron chi connectivity index (χ1n) is 7.08. The Morgan fingerprint density at radius 2 is 1.77 bits per heavy atom. The Bertz CT molecular complexity index is 529. The molecular formula is C15H19NO6. The third kappa shape index (κ3) is 6.34. The topological polar surface area (TPSA) is 95.7 Å². The highest BCUT2D eigenvalue weighted by Gasteiger charge is 2.13. The maximum Gasteiger partial charge on any atom is 0.305 e. The van der Waals surface area contributed by atoms with Crippen LogP contribution < -0.4 is 0 Å². The van der Waals surface area contributed by atoms with Crippen molar-refractivity contribution < 1.29 is 24.0 Å². The van der Waals surface area contributed by atoms with Gasteiger partial charge >= 0.3 is 11.9 Å². The van der Waals surface area contributed by atoms with Gasteiger partial charge in [-0.25, -0.2) is 0 Å². The van der Waals surface area contributed by atoms with Crippen molar-refractivity contribution in [3.8, 4) is 0 Å². The summed E-state index contributed by atoms with van der Waals surface area (Å²) in [5, 5.41) is 10.8. The molecule has 0 aliphatic rings. The molecule has 0 saturated carbocycles. The van der Waals surface area contributed by atoms with Crippen LogP contribution in [0.25, 0.3) is 0 Å². The van der Waals surface area contributed by atoms with Crippen LogP contribution in [0.3, 0.4) is 0 Å². The minimum atomic E-state index is -0.462. The van der Waals surface area contributed by atoms with Gasteiger partial charge in [0.15, 0.2) is 0 Å². The summed E-state index contributed by atoms with van der Waals surface area (Å²) in [6, 6.07) is 6.33. The van der Waals surface area contributed by atoms with Crippen LogP contribution in [0.1, 0.15) is 31.7 Å². The van der Waals surface area contributed by atoms with E-state index in [1.165, 1.54) is 6.07 Å². The molecule has 22 heavy (non-hydrogen) atoms. The second-order valence-electron chi connectivity index (χ2n) is 4.51. The predicted molar refractivity (Wildman–Crippen MR) is 78.2 cm³/mol. The molecule has 7 nitrogen and oxygen atoms in total. The van der Waals surface area contributed by atoms with Gasteiger partial charge in [0.2, 0.25) is 0 Å². The van der Waals surface area contributed by atoms with E-state index in [0.717, 1.165) is 0 Å². The van der Waals surface area contributed by atoms with Gasteiger partial charge in [-0.3, -0.25) is 19.7 Å². The van der Waals surface area contributed by atoms with Crippen molar-refractivity contribution in [2.24, 2.45) is 0 Å². The lowest BCUT2D eigenvalue weighted by atomic mass is 10.1. The van der Waals surface area contributed by atoms with E-state index >= 15 is 0 Å². The van der Waals surface area contributed by atoms with Crippen molar-refractivity contribution in [3.63, 3.8) is 0 Å². The molecule has 0 aliphatic carbocycles. The molecule has 0 spiro atoms. The number of ether oxygens (including phenoxy) is 2. The highest BCUT2D eigenvalue weighted by Crippen LogP contribution is 2.18. The SMILES string of the molecule is CCOC(=O)CCCC(=O)OCCc1ccccc1[N+](=O)[O-]. The van der Waals surface area contributed by atoms with Crippen molar-refractivity contribution >= 4 is 17.6 Å². The summed E-state index contributed by atoms with van der Waals surface area (Å²) in [5.41, 5.74) is 0.535. The Hall–Kier alpha value is -2.44. The number of carbonyl (C=O) groups is 2. The average Bonchev–Trinajstić information content (AvgIpc) is 2.48. The standard InChI is InChI=1S/C15H19NO6/c1-2-21-14(17)8-5-9-15(18)22-11-10-12-6-3-4-7-13(12)16(19)20/h3-4,6-7H,2,5,8-11H2,1H3. The molecule has 0 unspecified atom stereocenters. The number of nitro benzene ring substituents is 1. The molecule has 0 aliphatic heterocycles. The number of hydrogen-bond acceptors (Lipinski definition) is 6. The van der Waals surface area contributed by atoms with Gasteiger partial charge in [-0.2, -0.15) is 0 Å². The molecule has 0 aromatic heterocycles. The van der Waals surface area contributed by atoms with Crippen molar-refractivity contribution in [1.29, 1.82) is 0 Å². The molecule has 7 heteroatoms. The smallest absolute Gasteiger partial charge is 0.305 e. The number of nitrogens with zero attached hydrogens (tertiary/aromatic N) is 1. The fourth-order valence-electron chi connectivity index (χ4n) is 1.86. The van der Waals surface area contributed by atoms with E-state index in [1.54, 1.807) is 25.1 Å². The number of rotatable bonds is 9. The Morgan fingerprint density at radius 3 is 2.41 bits per heavy atom. The van der Waals surface area contributed by atoms with Crippen LogP contribution in [0.2, 0.25) is 0 Å². The monoisotopic (exact) mass is 309 g/mol. The Labute approximate surface area is 128 Å². The first-order chi connectivity index (χ1) is 10.5. The molecule has 0 heterocycles. The van der Waals surface area contributed by atoms with Gasteiger partial charge in [-0.1, -0.05) is 18.2 Å². The van der Waals surface area contributed by atoms with Gasteiger partial charge in [-0.15, -0.1) is 0 Å². The van der Waals surface area contributed by atoms with Crippen LogP contribution in [0.15, 0.2) is 24.3 Å². The molecule has 1 aromatic rings. The fraction of sp³-hybridized carbons (Fsp3) is 0.467. The first kappa shape index (κ1) is 17.6. The lowest BCUT2D eigenvalue weighted by Gasteiger charge is -2.05. The number of benzene rings is 1. The largest absolute Gasteiger partial charge is 0.466 e. The maximum absolute atomic E-state index is 11.5. The second-order valence-corrected chi connectivity index (χ2v) is 4.51. The van der Waals surface area contributed by atoms with Crippen LogP contribution >= 0.6 is 0 Å². The molecule has 0 radical (unpaired) electrons. The normalized spacial score (nSPS) is 10.0. The van der Waals surface area contributed by atoms with Gasteiger partial charge in [0.1, 0.15) is 0 Å². The highest BCUT2D eigenvalue weighted by atomic mass is 16.6. The maximum atomic E-state index is 11.5. The Morgan fingerprint density at radius 1 is 1.14 bits per heavy atom. The zero-order chi connectivity index (χ0) is 16.4. The molecule has 1 rings (SSSR count). The summed E-state index contributed by atoms with van der Waals surface area (Å²) in [6.45, 7) is 2.11. The first-order valence-corrected chi connectivity index (χ1v) is 7.08. The van der Waals surface area contributed by atoms with E-state index in [2.05, 4.69) is 0 Å². The van der Waals surface area contributed by atoms with Gasteiger partial charge in [-0.05, 0) is 13.3 Å². The third-order valence-electron chi connectivity index (χ3n) is 2.89. The van der Waals surface area contributed by atoms with E-state index < -0.39 is 10.9 Å². The lowest BCUT2D eigenvalue weighted by molar-refractivity contribution is -0.385. The van der Waals surface area contributed by atoms with Crippen LogP contribution in [-0.2, 0) is 25.5 Å². The van der Waals surface area contributed by atoms with Crippen molar-refractivity contribution in [2.75, 3.05) is 13.2 Å². The minimum Gasteiger partial charge on any atom is -0.466 e. The van der Waals surface area contributed by atoms with Gasteiger partial charge in [0, 0.05) is 30.9 Å². The second kappa shape index (κ2) is 9.49. The van der Waals surface area contributed by atoms with Crippen molar-refractivity contribution in [3.05, 3.63) is 39.9 Å². The quantitative estimate of drug-likeness (QED) is 0.395. The van der Waals surface area contributed by atoms with E-state index in [0.29, 0.717) is 18.6 Å². The van der Waals surface area contributed by atoms with Gasteiger partial charge < -0.3 is 9.47 Å². The summed E-state index contributed by atoms with van der Waals surface area (Å²) in [5.74, 6) is -0.766. The van der Waals surface area contributed by atoms with Crippen LogP contribution in [0.4, 0.5) is 5.69 Å². The summed E-state index contributed by atoms with van der Waals surface area (Å²) < 4.78 is 9.75. The molecule has 0 N–H and O–H groups in total. The molecule has 0 amide bonds. The highest BCUT2D eigenvalue weighted by molar-refractivity contribution is 5.72. The van der Waals surface area contributed by atoms with Gasteiger partial charge in [0.25, 0.3) is 5.69 Å². The van der Waals surface area contributed by atoms with E-state index in [4.69, 9.17) is 9.47 Å². The molecule has 0 fully saturated rings. The summed E-state index contributed by atoms with van der Waals surface area (Å²) in [4.78, 5) is 32.9. The van der Waals surface area contributed by atoms with Crippen LogP contribution in [-0.4, -0.2) is 30.1 Å². The minimum absolute atomic E-state index is 0.0147. The van der Waals surface area contributed by atoms with Crippen LogP contribution in [0.5, 0.6) is 0 Å². The molecule has 0 atom stereocenters. The predicted octanol–water partition coefficient (Wildman–Crippen LogP) is 2.41. The third-order valence-corrected chi connectivity index (χ3v) is 2.89. The number of nitro groups is 1. The number of carbonyl (C=O) groups excluding carboxylic acids is 2. The molecule has 0 saturated heterocycles. The van der Waals surface area contributed by atoms with E-state index in [9.17, 15) is 19.7 Å². The summed E-state index contributed by atoms with van der Waals surface area (Å²) in [7, 11) is 0. The van der Waals surface area contributed by atoms with E-state index in [1.807, 2.05) is 0 Å². The van der Waals surface area contributed by atoms with Crippen molar-refractivity contribution in [2.45, 2.75) is 32.6 Å². The number of para-hydroxylation sites is 1. The number of esters is 2.